The van der Waals surface area contributed by atoms with Crippen LogP contribution in [0.1, 0.15) is 0 Å². The van der Waals surface area contributed by atoms with Crippen LogP contribution in [0.2, 0.25) is 0 Å². The molecule has 8 heteroatoms. The zero-order valence-corrected chi connectivity index (χ0v) is 14.0. The Morgan fingerprint density at radius 2 is 2.00 bits per heavy atom. The number of rotatable bonds is 7. The lowest BCUT2D eigenvalue weighted by Gasteiger charge is -2.15. The van der Waals surface area contributed by atoms with Crippen molar-refractivity contribution in [1.82, 2.24) is 4.90 Å². The van der Waals surface area contributed by atoms with E-state index < -0.39 is 11.9 Å². The summed E-state index contributed by atoms with van der Waals surface area (Å²) in [6.07, 6.45) is -1.34. The molecule has 2 aromatic rings. The van der Waals surface area contributed by atoms with E-state index in [1.807, 2.05) is 24.3 Å². The Bertz CT molecular complexity index is 753. The van der Waals surface area contributed by atoms with Gasteiger partial charge < -0.3 is 25.2 Å². The fraction of sp³-hybridized carbons (Fsp3) is 0.235. The Kier molecular flexibility index (Phi) is 6.02. The molecule has 0 aromatic heterocycles. The third-order valence-corrected chi connectivity index (χ3v) is 3.17. The Balaban J connectivity index is 2.16. The summed E-state index contributed by atoms with van der Waals surface area (Å²) < 4.78 is 25.2. The Morgan fingerprint density at radius 3 is 2.64 bits per heavy atom. The molecule has 0 saturated heterocycles. The van der Waals surface area contributed by atoms with Crippen molar-refractivity contribution in [3.05, 3.63) is 42.2 Å². The van der Waals surface area contributed by atoms with Crippen LogP contribution in [0.4, 0.5) is 20.6 Å². The molecule has 2 aromatic carbocycles. The first-order valence-electron chi connectivity index (χ1n) is 7.49. The van der Waals surface area contributed by atoms with Crippen molar-refractivity contribution in [1.29, 1.82) is 0 Å². The van der Waals surface area contributed by atoms with E-state index in [-0.39, 0.29) is 11.4 Å². The summed E-state index contributed by atoms with van der Waals surface area (Å²) in [6.45, 7) is 1.14. The first-order chi connectivity index (χ1) is 11.8. The number of nitrogens with one attached hydrogen (secondary N) is 1. The van der Waals surface area contributed by atoms with Gasteiger partial charge in [-0.1, -0.05) is 0 Å². The molecule has 0 atom stereocenters. The van der Waals surface area contributed by atoms with Gasteiger partial charge in [-0.3, -0.25) is 5.32 Å². The highest BCUT2D eigenvalue weighted by atomic mass is 19.1. The fourth-order valence-electron chi connectivity index (χ4n) is 1.96. The molecule has 7 nitrogen and oxygen atoms in total. The zero-order valence-electron chi connectivity index (χ0n) is 14.0. The molecule has 0 aliphatic carbocycles. The van der Waals surface area contributed by atoms with E-state index in [4.69, 9.17) is 20.3 Å². The number of benzene rings is 2. The van der Waals surface area contributed by atoms with Crippen molar-refractivity contribution in [3.8, 4) is 17.2 Å². The quantitative estimate of drug-likeness (QED) is 0.664. The number of amides is 1. The van der Waals surface area contributed by atoms with Crippen molar-refractivity contribution in [3.63, 3.8) is 0 Å². The molecule has 0 radical (unpaired) electrons. The predicted molar refractivity (Wildman–Crippen MR) is 93.0 cm³/mol. The van der Waals surface area contributed by atoms with Gasteiger partial charge in [-0.2, -0.15) is 0 Å². The number of nitrogens with zero attached hydrogens (tertiary/aromatic N) is 1. The molecule has 0 aliphatic heterocycles. The van der Waals surface area contributed by atoms with Gasteiger partial charge >= 0.3 is 6.09 Å². The first-order valence-corrected chi connectivity index (χ1v) is 7.49. The smallest absolute Gasteiger partial charge is 0.409 e. The number of hydrogen-bond donors (Lipinski definition) is 3. The normalized spacial score (nSPS) is 10.6. The second-order valence-electron chi connectivity index (χ2n) is 5.53. The van der Waals surface area contributed by atoms with Crippen LogP contribution in [0.25, 0.3) is 0 Å². The molecule has 134 valence electrons. The van der Waals surface area contributed by atoms with Crippen LogP contribution in [0, 0.1) is 5.82 Å². The lowest BCUT2D eigenvalue weighted by Crippen LogP contribution is -2.19. The minimum Gasteiger partial charge on any atom is -0.488 e. The minimum atomic E-state index is -1.34. The zero-order chi connectivity index (χ0) is 18.4. The van der Waals surface area contributed by atoms with E-state index in [1.54, 1.807) is 18.2 Å². The number of anilines is 2. The van der Waals surface area contributed by atoms with Gasteiger partial charge in [-0.25, -0.2) is 9.18 Å². The van der Waals surface area contributed by atoms with Crippen LogP contribution < -0.4 is 20.5 Å². The van der Waals surface area contributed by atoms with Crippen LogP contribution in [0.5, 0.6) is 17.2 Å². The molecule has 1 amide bonds. The summed E-state index contributed by atoms with van der Waals surface area (Å²) in [6, 6.07) is 8.72. The fourth-order valence-corrected chi connectivity index (χ4v) is 1.96. The average Bonchev–Trinajstić information content (AvgIpc) is 2.52. The Morgan fingerprint density at radius 1 is 1.24 bits per heavy atom. The second-order valence-corrected chi connectivity index (χ2v) is 5.53. The molecule has 4 N–H and O–H groups in total. The summed E-state index contributed by atoms with van der Waals surface area (Å²) in [5, 5.41) is 10.6. The molecule has 0 saturated carbocycles. The van der Waals surface area contributed by atoms with Crippen molar-refractivity contribution in [2.45, 2.75) is 0 Å². The number of ether oxygens (including phenoxy) is 2. The largest absolute Gasteiger partial charge is 0.488 e. The second kappa shape index (κ2) is 8.20. The monoisotopic (exact) mass is 349 g/mol. The molecule has 0 heterocycles. The lowest BCUT2D eigenvalue weighted by atomic mass is 10.2. The number of halogens is 1. The van der Waals surface area contributed by atoms with Crippen LogP contribution >= 0.6 is 0 Å². The standard InChI is InChI=1S/C17H20FN3O4/c1-21(2)7-8-24-16-9-11(19)3-6-15(16)25-12-4-5-14(13(18)10-12)20-17(22)23/h3-6,9-10,20H,7-8,19H2,1-2H3,(H,22,23). The summed E-state index contributed by atoms with van der Waals surface area (Å²) in [5.74, 6) is 0.280. The van der Waals surface area contributed by atoms with Gasteiger partial charge in [-0.05, 0) is 38.4 Å². The first kappa shape index (κ1) is 18.3. The summed E-state index contributed by atoms with van der Waals surface area (Å²) in [7, 11) is 3.85. The van der Waals surface area contributed by atoms with Crippen LogP contribution in [0.3, 0.4) is 0 Å². The predicted octanol–water partition coefficient (Wildman–Crippen LogP) is 3.23. The van der Waals surface area contributed by atoms with Crippen molar-refractivity contribution in [2.75, 3.05) is 38.3 Å². The molecule has 0 fully saturated rings. The van der Waals surface area contributed by atoms with Gasteiger partial charge in [0.1, 0.15) is 12.4 Å². The molecule has 0 bridgehead atoms. The van der Waals surface area contributed by atoms with E-state index in [2.05, 4.69) is 0 Å². The molecular formula is C17H20FN3O4. The number of nitrogens with two attached hydrogens (primary N) is 1. The lowest BCUT2D eigenvalue weighted by molar-refractivity contribution is 0.209. The molecule has 0 spiro atoms. The maximum Gasteiger partial charge on any atom is 0.409 e. The molecular weight excluding hydrogens is 329 g/mol. The Labute approximate surface area is 144 Å². The highest BCUT2D eigenvalue weighted by molar-refractivity contribution is 5.83. The van der Waals surface area contributed by atoms with Crippen LogP contribution in [0.15, 0.2) is 36.4 Å². The van der Waals surface area contributed by atoms with Gasteiger partial charge in [0, 0.05) is 24.4 Å². The average molecular weight is 349 g/mol. The number of carbonyl (C=O) groups is 1. The Hall–Kier alpha value is -3.00. The summed E-state index contributed by atoms with van der Waals surface area (Å²) in [5.41, 5.74) is 6.13. The third kappa shape index (κ3) is 5.54. The van der Waals surface area contributed by atoms with E-state index in [0.29, 0.717) is 30.3 Å². The van der Waals surface area contributed by atoms with Crippen molar-refractivity contribution >= 4 is 17.5 Å². The number of nitrogen functional groups attached to an aromatic ring is 1. The number of hydrogen-bond acceptors (Lipinski definition) is 5. The maximum absolute atomic E-state index is 13.9. The minimum absolute atomic E-state index is 0.153. The van der Waals surface area contributed by atoms with Crippen molar-refractivity contribution < 1.29 is 23.8 Å². The van der Waals surface area contributed by atoms with E-state index >= 15 is 0 Å². The third-order valence-electron chi connectivity index (χ3n) is 3.17. The van der Waals surface area contributed by atoms with E-state index in [1.165, 1.54) is 12.1 Å². The molecule has 0 aliphatic rings. The van der Waals surface area contributed by atoms with Crippen molar-refractivity contribution in [2.24, 2.45) is 0 Å². The van der Waals surface area contributed by atoms with Crippen LogP contribution in [-0.2, 0) is 0 Å². The van der Waals surface area contributed by atoms with Gasteiger partial charge in [0.2, 0.25) is 0 Å². The SMILES string of the molecule is CN(C)CCOc1cc(N)ccc1Oc1ccc(NC(=O)O)c(F)c1. The van der Waals surface area contributed by atoms with Gasteiger partial charge in [0.15, 0.2) is 17.3 Å². The molecule has 0 unspecified atom stereocenters. The summed E-state index contributed by atoms with van der Waals surface area (Å²) >= 11 is 0. The highest BCUT2D eigenvalue weighted by Crippen LogP contribution is 2.34. The highest BCUT2D eigenvalue weighted by Gasteiger charge is 2.11. The van der Waals surface area contributed by atoms with E-state index in [0.717, 1.165) is 6.07 Å². The van der Waals surface area contributed by atoms with Gasteiger partial charge in [0.25, 0.3) is 0 Å². The molecule has 25 heavy (non-hydrogen) atoms. The van der Waals surface area contributed by atoms with Gasteiger partial charge in [-0.15, -0.1) is 0 Å². The molecule has 2 rings (SSSR count). The number of carboxylic acid groups (broad SMARTS) is 1. The maximum atomic E-state index is 13.9. The van der Waals surface area contributed by atoms with Crippen LogP contribution in [-0.4, -0.2) is 43.3 Å². The summed E-state index contributed by atoms with van der Waals surface area (Å²) in [4.78, 5) is 12.5. The van der Waals surface area contributed by atoms with Gasteiger partial charge in [0.05, 0.1) is 5.69 Å². The number of likely N-dealkylation sites (N-methyl/N-ethyl adjacent to an activating group) is 1. The van der Waals surface area contributed by atoms with E-state index in [9.17, 15) is 9.18 Å². The topological polar surface area (TPSA) is 97.0 Å².